The van der Waals surface area contributed by atoms with E-state index in [2.05, 4.69) is 15.9 Å². The Morgan fingerprint density at radius 3 is 2.39 bits per heavy atom. The Balaban J connectivity index is 2.37. The molecule has 0 aliphatic carbocycles. The maximum Gasteiger partial charge on any atom is 0.352 e. The molecule has 0 spiro atoms. The van der Waals surface area contributed by atoms with Gasteiger partial charge in [0.05, 0.1) is 4.92 Å². The summed E-state index contributed by atoms with van der Waals surface area (Å²) in [6.07, 6.45) is -1.23. The Morgan fingerprint density at radius 2 is 1.83 bits per heavy atom. The van der Waals surface area contributed by atoms with Crippen LogP contribution in [0.15, 0.2) is 46.9 Å². The SMILES string of the molecule is CC(Oc1cccc(Oc2ccc(Br)cc2)c1[N+](=O)[O-])C(=O)O. The Bertz CT molecular complexity index is 731. The topological polar surface area (TPSA) is 98.9 Å². The second-order valence-corrected chi connectivity index (χ2v) is 5.43. The van der Waals surface area contributed by atoms with Gasteiger partial charge in [-0.1, -0.05) is 22.0 Å². The van der Waals surface area contributed by atoms with Crippen LogP contribution in [0.4, 0.5) is 5.69 Å². The monoisotopic (exact) mass is 381 g/mol. The number of hydrogen-bond donors (Lipinski definition) is 1. The molecule has 0 fully saturated rings. The zero-order valence-corrected chi connectivity index (χ0v) is 13.5. The first kappa shape index (κ1) is 16.8. The van der Waals surface area contributed by atoms with E-state index in [1.165, 1.54) is 25.1 Å². The molecule has 0 saturated carbocycles. The first-order chi connectivity index (χ1) is 10.9. The third kappa shape index (κ3) is 4.19. The molecule has 8 heteroatoms. The van der Waals surface area contributed by atoms with E-state index in [0.717, 1.165) is 4.47 Å². The third-order valence-corrected chi connectivity index (χ3v) is 3.37. The Hall–Kier alpha value is -2.61. The smallest absolute Gasteiger partial charge is 0.352 e. The average Bonchev–Trinajstić information content (AvgIpc) is 2.49. The maximum absolute atomic E-state index is 11.3. The van der Waals surface area contributed by atoms with Gasteiger partial charge in [0.15, 0.2) is 6.10 Å². The molecule has 0 heterocycles. The fraction of sp³-hybridized carbons (Fsp3) is 0.133. The highest BCUT2D eigenvalue weighted by Gasteiger charge is 2.26. The zero-order chi connectivity index (χ0) is 17.0. The molecule has 0 aromatic heterocycles. The molecule has 23 heavy (non-hydrogen) atoms. The number of hydrogen-bond acceptors (Lipinski definition) is 5. The van der Waals surface area contributed by atoms with Crippen molar-refractivity contribution >= 4 is 27.6 Å². The van der Waals surface area contributed by atoms with E-state index in [-0.39, 0.29) is 11.5 Å². The highest BCUT2D eigenvalue weighted by molar-refractivity contribution is 9.10. The van der Waals surface area contributed by atoms with Gasteiger partial charge >= 0.3 is 11.7 Å². The summed E-state index contributed by atoms with van der Waals surface area (Å²) in [6.45, 7) is 1.29. The molecule has 0 amide bonds. The lowest BCUT2D eigenvalue weighted by molar-refractivity contribution is -0.386. The summed E-state index contributed by atoms with van der Waals surface area (Å²) in [5, 5.41) is 20.2. The quantitative estimate of drug-likeness (QED) is 0.599. The number of nitro benzene ring substituents is 1. The lowest BCUT2D eigenvalue weighted by atomic mass is 10.2. The number of carboxylic acids is 1. The summed E-state index contributed by atoms with van der Waals surface area (Å²) >= 11 is 3.28. The minimum atomic E-state index is -1.23. The predicted octanol–water partition coefficient (Wildman–Crippen LogP) is 4.00. The van der Waals surface area contributed by atoms with Gasteiger partial charge in [0.25, 0.3) is 0 Å². The van der Waals surface area contributed by atoms with E-state index in [1.54, 1.807) is 24.3 Å². The molecule has 0 aliphatic heterocycles. The molecule has 1 atom stereocenters. The molecule has 2 aromatic carbocycles. The molecular formula is C15H12BrNO6. The number of para-hydroxylation sites is 1. The molecule has 1 unspecified atom stereocenters. The number of nitrogens with zero attached hydrogens (tertiary/aromatic N) is 1. The molecule has 1 N–H and O–H groups in total. The van der Waals surface area contributed by atoms with Crippen molar-refractivity contribution in [2.75, 3.05) is 0 Å². The summed E-state index contributed by atoms with van der Waals surface area (Å²) < 4.78 is 11.5. The standard InChI is InChI=1S/C15H12BrNO6/c1-9(15(18)19)22-12-3-2-4-13(14(12)17(20)21)23-11-7-5-10(16)6-8-11/h2-9H,1H3,(H,18,19). The predicted molar refractivity (Wildman–Crippen MR) is 85.0 cm³/mol. The third-order valence-electron chi connectivity index (χ3n) is 2.84. The van der Waals surface area contributed by atoms with Gasteiger partial charge in [-0.2, -0.15) is 0 Å². The van der Waals surface area contributed by atoms with Crippen molar-refractivity contribution < 1.29 is 24.3 Å². The largest absolute Gasteiger partial charge is 0.479 e. The second kappa shape index (κ2) is 7.10. The summed E-state index contributed by atoms with van der Waals surface area (Å²) in [5.74, 6) is -1.02. The fourth-order valence-corrected chi connectivity index (χ4v) is 1.99. The normalized spacial score (nSPS) is 11.6. The van der Waals surface area contributed by atoms with Gasteiger partial charge in [0.1, 0.15) is 5.75 Å². The van der Waals surface area contributed by atoms with Crippen LogP contribution in [0, 0.1) is 10.1 Å². The summed E-state index contributed by atoms with van der Waals surface area (Å²) in [7, 11) is 0. The molecular weight excluding hydrogens is 370 g/mol. The van der Waals surface area contributed by atoms with Crippen molar-refractivity contribution in [3.8, 4) is 17.2 Å². The number of carboxylic acid groups (broad SMARTS) is 1. The van der Waals surface area contributed by atoms with Crippen LogP contribution in [-0.2, 0) is 4.79 Å². The number of ether oxygens (including phenoxy) is 2. The van der Waals surface area contributed by atoms with Crippen molar-refractivity contribution in [1.29, 1.82) is 0 Å². The summed E-state index contributed by atoms with van der Waals surface area (Å²) in [5.41, 5.74) is -0.427. The van der Waals surface area contributed by atoms with Gasteiger partial charge in [-0.15, -0.1) is 0 Å². The van der Waals surface area contributed by atoms with Gasteiger partial charge in [-0.05, 0) is 43.3 Å². The van der Waals surface area contributed by atoms with E-state index in [1.807, 2.05) is 0 Å². The second-order valence-electron chi connectivity index (χ2n) is 4.51. The summed E-state index contributed by atoms with van der Waals surface area (Å²) in [6, 6.07) is 11.0. The number of carbonyl (C=O) groups is 1. The van der Waals surface area contributed by atoms with Gasteiger partial charge in [-0.25, -0.2) is 4.79 Å². The minimum absolute atomic E-state index is 0.0348. The van der Waals surface area contributed by atoms with Crippen molar-refractivity contribution in [3.63, 3.8) is 0 Å². The van der Waals surface area contributed by atoms with Crippen LogP contribution in [-0.4, -0.2) is 22.1 Å². The van der Waals surface area contributed by atoms with Crippen molar-refractivity contribution in [3.05, 3.63) is 57.1 Å². The lowest BCUT2D eigenvalue weighted by Gasteiger charge is -2.13. The van der Waals surface area contributed by atoms with Crippen LogP contribution in [0.3, 0.4) is 0 Å². The Kier molecular flexibility index (Phi) is 5.17. The van der Waals surface area contributed by atoms with E-state index in [9.17, 15) is 14.9 Å². The van der Waals surface area contributed by atoms with Crippen LogP contribution in [0.5, 0.6) is 17.2 Å². The minimum Gasteiger partial charge on any atom is -0.479 e. The lowest BCUT2D eigenvalue weighted by Crippen LogP contribution is -2.23. The zero-order valence-electron chi connectivity index (χ0n) is 11.9. The Morgan fingerprint density at radius 1 is 1.22 bits per heavy atom. The number of rotatable bonds is 6. The van der Waals surface area contributed by atoms with Gasteiger partial charge in [0, 0.05) is 4.47 Å². The van der Waals surface area contributed by atoms with Gasteiger partial charge in [0.2, 0.25) is 11.5 Å². The molecule has 0 saturated heterocycles. The van der Waals surface area contributed by atoms with E-state index >= 15 is 0 Å². The van der Waals surface area contributed by atoms with Crippen LogP contribution in [0.25, 0.3) is 0 Å². The molecule has 2 aromatic rings. The Labute approximate surface area is 139 Å². The highest BCUT2D eigenvalue weighted by atomic mass is 79.9. The number of aliphatic carboxylic acids is 1. The number of halogens is 1. The van der Waals surface area contributed by atoms with Crippen LogP contribution < -0.4 is 9.47 Å². The number of nitro groups is 1. The van der Waals surface area contributed by atoms with Gasteiger partial charge in [-0.3, -0.25) is 10.1 Å². The summed E-state index contributed by atoms with van der Waals surface area (Å²) in [4.78, 5) is 21.5. The average molecular weight is 382 g/mol. The van der Waals surface area contributed by atoms with Crippen LogP contribution in [0.1, 0.15) is 6.92 Å². The molecule has 2 rings (SSSR count). The van der Waals surface area contributed by atoms with Crippen molar-refractivity contribution in [2.24, 2.45) is 0 Å². The van der Waals surface area contributed by atoms with E-state index < -0.39 is 22.7 Å². The molecule has 0 radical (unpaired) electrons. The molecule has 120 valence electrons. The maximum atomic E-state index is 11.3. The van der Waals surface area contributed by atoms with Crippen molar-refractivity contribution in [1.82, 2.24) is 0 Å². The number of benzene rings is 2. The van der Waals surface area contributed by atoms with Crippen LogP contribution in [0.2, 0.25) is 0 Å². The molecule has 7 nitrogen and oxygen atoms in total. The first-order valence-electron chi connectivity index (χ1n) is 6.48. The van der Waals surface area contributed by atoms with Crippen LogP contribution >= 0.6 is 15.9 Å². The van der Waals surface area contributed by atoms with Crippen molar-refractivity contribution in [2.45, 2.75) is 13.0 Å². The molecule has 0 bridgehead atoms. The van der Waals surface area contributed by atoms with E-state index in [4.69, 9.17) is 14.6 Å². The highest BCUT2D eigenvalue weighted by Crippen LogP contribution is 2.39. The van der Waals surface area contributed by atoms with E-state index in [0.29, 0.717) is 5.75 Å². The van der Waals surface area contributed by atoms with Gasteiger partial charge < -0.3 is 14.6 Å². The first-order valence-corrected chi connectivity index (χ1v) is 7.28. The molecule has 0 aliphatic rings. The fourth-order valence-electron chi connectivity index (χ4n) is 1.73.